The first-order valence-electron chi connectivity index (χ1n) is 15.0. The summed E-state index contributed by atoms with van der Waals surface area (Å²) in [5, 5.41) is 0. The Kier molecular flexibility index (Phi) is 5.58. The number of anilines is 2. The van der Waals surface area contributed by atoms with Gasteiger partial charge in [-0.05, 0) is 41.0 Å². The van der Waals surface area contributed by atoms with Gasteiger partial charge in [0, 0.05) is 57.2 Å². The molecule has 0 spiro atoms. The molecular formula is C38H33N5. The van der Waals surface area contributed by atoms with Crippen LogP contribution in [-0.4, -0.2) is 27.2 Å². The third kappa shape index (κ3) is 3.84. The van der Waals surface area contributed by atoms with Crippen LogP contribution in [0.3, 0.4) is 0 Å². The molecule has 4 heterocycles. The standard InChI is InChI=1S/C38H33N5/c1-37(2)27-17-11-12-18-31(27)43-32-20-19-26(21-28(32)38(3,4)30-23-39-22-29(37)33(30)43)36-41-34(24-13-7-5-8-14-24)40-35(42-36)25-15-9-6-10-16-25/h5-23,29,33H,1-4H3. The summed E-state index contributed by atoms with van der Waals surface area (Å²) in [5.41, 5.74) is 9.10. The normalized spacial score (nSPS) is 20.5. The van der Waals surface area contributed by atoms with E-state index in [0.29, 0.717) is 17.5 Å². The SMILES string of the molecule is CC1(C)C2=CN=CC3C2N(c2ccc(-c4nc(-c5ccccc5)nc(-c5ccccc5)n4)cc21)c1ccccc1C3(C)C. The molecule has 5 aromatic rings. The van der Waals surface area contributed by atoms with E-state index >= 15 is 0 Å². The zero-order chi connectivity index (χ0) is 29.3. The van der Waals surface area contributed by atoms with Crippen LogP contribution in [0.15, 0.2) is 120 Å². The Morgan fingerprint density at radius 1 is 0.581 bits per heavy atom. The minimum Gasteiger partial charge on any atom is -0.333 e. The molecule has 3 aliphatic heterocycles. The number of benzene rings is 4. The predicted molar refractivity (Wildman–Crippen MR) is 175 cm³/mol. The highest BCUT2D eigenvalue weighted by atomic mass is 15.2. The fourth-order valence-corrected chi connectivity index (χ4v) is 7.30. The molecule has 2 unspecified atom stereocenters. The van der Waals surface area contributed by atoms with E-state index in [1.165, 1.54) is 28.1 Å². The minimum atomic E-state index is -0.234. The summed E-state index contributed by atoms with van der Waals surface area (Å²) in [5.74, 6) is 2.27. The second-order valence-corrected chi connectivity index (χ2v) is 12.9. The predicted octanol–water partition coefficient (Wildman–Crippen LogP) is 8.55. The van der Waals surface area contributed by atoms with Gasteiger partial charge < -0.3 is 4.90 Å². The largest absolute Gasteiger partial charge is 0.333 e. The van der Waals surface area contributed by atoms with Crippen molar-refractivity contribution < 1.29 is 0 Å². The molecule has 0 bridgehead atoms. The van der Waals surface area contributed by atoms with Crippen molar-refractivity contribution in [2.45, 2.75) is 44.6 Å². The Morgan fingerprint density at radius 3 is 1.79 bits per heavy atom. The lowest BCUT2D eigenvalue weighted by atomic mass is 9.58. The maximum atomic E-state index is 5.02. The van der Waals surface area contributed by atoms with Crippen LogP contribution in [-0.2, 0) is 10.8 Å². The van der Waals surface area contributed by atoms with Crippen molar-refractivity contribution >= 4 is 17.6 Å². The molecule has 0 aliphatic carbocycles. The third-order valence-corrected chi connectivity index (χ3v) is 9.70. The number of nitrogens with zero attached hydrogens (tertiary/aromatic N) is 5. The van der Waals surface area contributed by atoms with E-state index in [1.54, 1.807) is 0 Å². The third-order valence-electron chi connectivity index (χ3n) is 9.70. The van der Waals surface area contributed by atoms with Gasteiger partial charge in [0.2, 0.25) is 0 Å². The van der Waals surface area contributed by atoms with E-state index in [1.807, 2.05) is 60.7 Å². The fourth-order valence-electron chi connectivity index (χ4n) is 7.30. The molecule has 4 aromatic carbocycles. The van der Waals surface area contributed by atoms with Crippen molar-refractivity contribution in [3.63, 3.8) is 0 Å². The molecule has 5 heteroatoms. The molecule has 0 saturated heterocycles. The highest BCUT2D eigenvalue weighted by Crippen LogP contribution is 2.58. The lowest BCUT2D eigenvalue weighted by molar-refractivity contribution is 0.324. The van der Waals surface area contributed by atoms with Crippen LogP contribution in [0.25, 0.3) is 34.2 Å². The van der Waals surface area contributed by atoms with Crippen LogP contribution in [0.4, 0.5) is 11.4 Å². The molecule has 2 atom stereocenters. The quantitative estimate of drug-likeness (QED) is 0.222. The van der Waals surface area contributed by atoms with Crippen LogP contribution in [0.2, 0.25) is 0 Å². The maximum Gasteiger partial charge on any atom is 0.164 e. The molecule has 43 heavy (non-hydrogen) atoms. The fraction of sp³-hybridized carbons (Fsp3) is 0.211. The van der Waals surface area contributed by atoms with Crippen LogP contribution in [0.1, 0.15) is 38.8 Å². The summed E-state index contributed by atoms with van der Waals surface area (Å²) in [6.07, 6.45) is 4.28. The second-order valence-electron chi connectivity index (χ2n) is 12.9. The number of hydrogen-bond acceptors (Lipinski definition) is 5. The lowest BCUT2D eigenvalue weighted by Gasteiger charge is -2.57. The van der Waals surface area contributed by atoms with E-state index in [9.17, 15) is 0 Å². The molecular weight excluding hydrogens is 526 g/mol. The minimum absolute atomic E-state index is 0.0408. The Labute approximate surface area is 252 Å². The monoisotopic (exact) mass is 559 g/mol. The highest BCUT2D eigenvalue weighted by Gasteiger charge is 2.54. The summed E-state index contributed by atoms with van der Waals surface area (Å²) in [7, 11) is 0. The molecule has 0 saturated carbocycles. The van der Waals surface area contributed by atoms with Gasteiger partial charge in [-0.3, -0.25) is 4.99 Å². The van der Waals surface area contributed by atoms with Crippen LogP contribution in [0, 0.1) is 5.92 Å². The molecule has 210 valence electrons. The zero-order valence-electron chi connectivity index (χ0n) is 24.9. The zero-order valence-corrected chi connectivity index (χ0v) is 24.9. The van der Waals surface area contributed by atoms with Crippen molar-refractivity contribution in [3.8, 4) is 34.2 Å². The van der Waals surface area contributed by atoms with E-state index < -0.39 is 0 Å². The van der Waals surface area contributed by atoms with Gasteiger partial charge in [0.15, 0.2) is 17.5 Å². The number of rotatable bonds is 3. The van der Waals surface area contributed by atoms with Crippen molar-refractivity contribution in [1.82, 2.24) is 15.0 Å². The molecule has 0 fully saturated rings. The van der Waals surface area contributed by atoms with Crippen molar-refractivity contribution in [1.29, 1.82) is 0 Å². The topological polar surface area (TPSA) is 54.3 Å². The maximum absolute atomic E-state index is 5.02. The Bertz CT molecular complexity index is 1880. The molecule has 5 nitrogen and oxygen atoms in total. The van der Waals surface area contributed by atoms with Gasteiger partial charge in [0.05, 0.1) is 6.04 Å². The first-order chi connectivity index (χ1) is 20.8. The number of aliphatic imine (C=N–C) groups is 1. The molecule has 0 N–H and O–H groups in total. The van der Waals surface area contributed by atoms with Crippen molar-refractivity contribution in [3.05, 3.63) is 126 Å². The lowest BCUT2D eigenvalue weighted by Crippen LogP contribution is -2.58. The van der Waals surface area contributed by atoms with Gasteiger partial charge in [0.1, 0.15) is 0 Å². The van der Waals surface area contributed by atoms with Crippen LogP contribution in [0.5, 0.6) is 0 Å². The molecule has 0 amide bonds. The van der Waals surface area contributed by atoms with E-state index in [2.05, 4.69) is 87.5 Å². The summed E-state index contributed by atoms with van der Waals surface area (Å²) in [6.45, 7) is 9.40. The van der Waals surface area contributed by atoms with Gasteiger partial charge in [-0.1, -0.05) is 107 Å². The van der Waals surface area contributed by atoms with Crippen LogP contribution >= 0.6 is 0 Å². The second kappa shape index (κ2) is 9.30. The Balaban J connectivity index is 1.34. The van der Waals surface area contributed by atoms with Gasteiger partial charge in [-0.25, -0.2) is 15.0 Å². The molecule has 0 radical (unpaired) electrons. The van der Waals surface area contributed by atoms with Gasteiger partial charge in [0.25, 0.3) is 0 Å². The average Bonchev–Trinajstić information content (AvgIpc) is 3.05. The van der Waals surface area contributed by atoms with E-state index in [4.69, 9.17) is 19.9 Å². The molecule has 8 rings (SSSR count). The van der Waals surface area contributed by atoms with Gasteiger partial charge in [-0.2, -0.15) is 0 Å². The van der Waals surface area contributed by atoms with E-state index in [-0.39, 0.29) is 22.8 Å². The Morgan fingerprint density at radius 2 is 1.14 bits per heavy atom. The van der Waals surface area contributed by atoms with Gasteiger partial charge >= 0.3 is 0 Å². The van der Waals surface area contributed by atoms with Crippen LogP contribution < -0.4 is 4.90 Å². The van der Waals surface area contributed by atoms with Gasteiger partial charge in [-0.15, -0.1) is 0 Å². The smallest absolute Gasteiger partial charge is 0.164 e. The van der Waals surface area contributed by atoms with Crippen molar-refractivity contribution in [2.24, 2.45) is 10.9 Å². The number of aromatic nitrogens is 3. The van der Waals surface area contributed by atoms with E-state index in [0.717, 1.165) is 16.7 Å². The Hall–Kier alpha value is -4.90. The highest BCUT2D eigenvalue weighted by molar-refractivity contribution is 5.86. The number of fused-ring (bicyclic) bond motifs is 4. The number of hydrogen-bond donors (Lipinski definition) is 0. The summed E-state index contributed by atoms with van der Waals surface area (Å²) >= 11 is 0. The first kappa shape index (κ1) is 25.8. The summed E-state index contributed by atoms with van der Waals surface area (Å²) in [4.78, 5) is 22.3. The first-order valence-corrected chi connectivity index (χ1v) is 15.0. The summed E-state index contributed by atoms with van der Waals surface area (Å²) in [6, 6.07) is 36.1. The van der Waals surface area contributed by atoms with Crippen molar-refractivity contribution in [2.75, 3.05) is 4.90 Å². The average molecular weight is 560 g/mol. The summed E-state index contributed by atoms with van der Waals surface area (Å²) < 4.78 is 0. The molecule has 3 aliphatic rings. The molecule has 1 aromatic heterocycles. The number of para-hydroxylation sites is 1.